The molecule has 0 unspecified atom stereocenters. The van der Waals surface area contributed by atoms with Crippen molar-refractivity contribution in [2.24, 2.45) is 0 Å². The number of hydrogen-bond acceptors (Lipinski definition) is 6. The van der Waals surface area contributed by atoms with E-state index in [4.69, 9.17) is 17.0 Å². The van der Waals surface area contributed by atoms with E-state index in [1.165, 1.54) is 16.9 Å². The number of benzene rings is 1. The zero-order valence-electron chi connectivity index (χ0n) is 15.3. The Labute approximate surface area is 163 Å². The number of amides is 1. The van der Waals surface area contributed by atoms with Crippen LogP contribution in [0, 0.1) is 3.95 Å². The van der Waals surface area contributed by atoms with E-state index >= 15 is 0 Å². The van der Waals surface area contributed by atoms with E-state index in [2.05, 4.69) is 22.1 Å². The molecule has 0 N–H and O–H groups in total. The average molecular weight is 393 g/mol. The molecular formula is C18H24N4O2S2. The van der Waals surface area contributed by atoms with Crippen LogP contribution in [0.1, 0.15) is 32.3 Å². The summed E-state index contributed by atoms with van der Waals surface area (Å²) in [5, 5.41) is 5.29. The van der Waals surface area contributed by atoms with Gasteiger partial charge in [0.05, 0.1) is 13.3 Å². The van der Waals surface area contributed by atoms with Crippen molar-refractivity contribution in [3.8, 4) is 5.75 Å². The fraction of sp³-hybridized carbons (Fsp3) is 0.500. The zero-order valence-corrected chi connectivity index (χ0v) is 17.0. The average Bonchev–Trinajstić information content (AvgIpc) is 3.34. The second-order valence-electron chi connectivity index (χ2n) is 6.50. The molecule has 1 fully saturated rings. The molecule has 1 aliphatic rings. The van der Waals surface area contributed by atoms with Crippen LogP contribution in [0.5, 0.6) is 5.75 Å². The molecule has 0 aliphatic heterocycles. The van der Waals surface area contributed by atoms with Gasteiger partial charge in [-0.15, -0.1) is 5.10 Å². The number of carbonyl (C=O) groups is 1. The maximum atomic E-state index is 11.9. The molecule has 6 nitrogen and oxygen atoms in total. The summed E-state index contributed by atoms with van der Waals surface area (Å²) in [6.45, 7) is 5.59. The van der Waals surface area contributed by atoms with Crippen molar-refractivity contribution in [1.82, 2.24) is 14.7 Å². The lowest BCUT2D eigenvalue weighted by atomic mass is 10.2. The number of rotatable bonds is 8. The van der Waals surface area contributed by atoms with Crippen LogP contribution >= 0.6 is 23.6 Å². The van der Waals surface area contributed by atoms with Crippen molar-refractivity contribution in [2.75, 3.05) is 18.6 Å². The molecule has 1 amide bonds. The van der Waals surface area contributed by atoms with Gasteiger partial charge in [-0.1, -0.05) is 23.5 Å². The van der Waals surface area contributed by atoms with Gasteiger partial charge in [-0.05, 0) is 56.7 Å². The minimum Gasteiger partial charge on any atom is -0.494 e. The quantitative estimate of drug-likeness (QED) is 0.642. The first-order valence-corrected chi connectivity index (χ1v) is 9.98. The van der Waals surface area contributed by atoms with Gasteiger partial charge in [0.25, 0.3) is 0 Å². The van der Waals surface area contributed by atoms with Gasteiger partial charge in [0.1, 0.15) is 5.75 Å². The Bertz CT molecular complexity index is 811. The normalized spacial score (nSPS) is 13.8. The van der Waals surface area contributed by atoms with Crippen LogP contribution in [-0.4, -0.2) is 40.3 Å². The number of hydrogen-bond donors (Lipinski definition) is 0. The van der Waals surface area contributed by atoms with Crippen molar-refractivity contribution >= 4 is 34.6 Å². The molecule has 0 atom stereocenters. The van der Waals surface area contributed by atoms with Crippen LogP contribution < -0.4 is 9.64 Å². The minimum absolute atomic E-state index is 0.0335. The van der Waals surface area contributed by atoms with Crippen molar-refractivity contribution < 1.29 is 9.53 Å². The van der Waals surface area contributed by atoms with E-state index in [1.807, 2.05) is 26.1 Å². The Morgan fingerprint density at radius 2 is 2.08 bits per heavy atom. The van der Waals surface area contributed by atoms with Crippen molar-refractivity contribution in [2.45, 2.75) is 45.9 Å². The molecule has 8 heteroatoms. The lowest BCUT2D eigenvalue weighted by Crippen LogP contribution is -2.31. The van der Waals surface area contributed by atoms with Gasteiger partial charge >= 0.3 is 0 Å². The van der Waals surface area contributed by atoms with E-state index < -0.39 is 0 Å². The highest BCUT2D eigenvalue weighted by Gasteiger charge is 2.34. The number of anilines is 1. The molecule has 1 aliphatic carbocycles. The van der Waals surface area contributed by atoms with Crippen LogP contribution in [0.2, 0.25) is 0 Å². The standard InChI is InChI=1S/C18H24N4O2S2/c1-4-24-16-9-5-14(6-10-16)11-20(3)12-21-18(25)26-17(19-21)22(13(2)23)15-7-8-15/h5-6,9-10,15H,4,7-8,11-12H2,1-3H3. The molecule has 1 aromatic heterocycles. The van der Waals surface area contributed by atoms with Crippen molar-refractivity contribution in [1.29, 1.82) is 0 Å². The topological polar surface area (TPSA) is 50.6 Å². The summed E-state index contributed by atoms with van der Waals surface area (Å²) in [6, 6.07) is 8.40. The number of ether oxygens (including phenoxy) is 1. The maximum Gasteiger partial charge on any atom is 0.225 e. The zero-order chi connectivity index (χ0) is 18.7. The summed E-state index contributed by atoms with van der Waals surface area (Å²) in [7, 11) is 2.03. The Morgan fingerprint density at radius 1 is 1.38 bits per heavy atom. The lowest BCUT2D eigenvalue weighted by Gasteiger charge is -2.18. The van der Waals surface area contributed by atoms with E-state index in [1.54, 1.807) is 16.5 Å². The number of nitrogens with zero attached hydrogens (tertiary/aromatic N) is 4. The van der Waals surface area contributed by atoms with Gasteiger partial charge in [0.2, 0.25) is 11.0 Å². The third kappa shape index (κ3) is 4.69. The first kappa shape index (κ1) is 19.0. The molecule has 0 spiro atoms. The van der Waals surface area contributed by atoms with Crippen LogP contribution in [0.4, 0.5) is 5.13 Å². The molecule has 0 bridgehead atoms. The first-order chi connectivity index (χ1) is 12.5. The van der Waals surface area contributed by atoms with E-state index in [0.717, 1.165) is 25.1 Å². The van der Waals surface area contributed by atoms with E-state index in [0.29, 0.717) is 28.4 Å². The summed E-state index contributed by atoms with van der Waals surface area (Å²) >= 11 is 6.86. The molecule has 3 rings (SSSR count). The van der Waals surface area contributed by atoms with Gasteiger partial charge in [-0.3, -0.25) is 14.6 Å². The molecule has 140 valence electrons. The Kier molecular flexibility index (Phi) is 6.05. The second kappa shape index (κ2) is 8.28. The third-order valence-corrected chi connectivity index (χ3v) is 5.42. The molecule has 0 saturated heterocycles. The van der Waals surface area contributed by atoms with Crippen molar-refractivity contribution in [3.05, 3.63) is 33.8 Å². The molecule has 26 heavy (non-hydrogen) atoms. The second-order valence-corrected chi connectivity index (χ2v) is 8.10. The summed E-state index contributed by atoms with van der Waals surface area (Å²) in [4.78, 5) is 15.8. The van der Waals surface area contributed by atoms with Crippen LogP contribution in [0.25, 0.3) is 0 Å². The van der Waals surface area contributed by atoms with E-state index in [9.17, 15) is 4.79 Å². The van der Waals surface area contributed by atoms with Crippen LogP contribution in [-0.2, 0) is 18.0 Å². The van der Waals surface area contributed by atoms with Gasteiger partial charge in [0, 0.05) is 19.5 Å². The van der Waals surface area contributed by atoms with Gasteiger partial charge in [0.15, 0.2) is 3.95 Å². The first-order valence-electron chi connectivity index (χ1n) is 8.76. The highest BCUT2D eigenvalue weighted by atomic mass is 32.1. The Morgan fingerprint density at radius 3 is 2.65 bits per heavy atom. The Balaban J connectivity index is 1.64. The molecule has 1 heterocycles. The van der Waals surface area contributed by atoms with E-state index in [-0.39, 0.29) is 5.91 Å². The molecule has 0 radical (unpaired) electrons. The van der Waals surface area contributed by atoms with Gasteiger partial charge in [-0.25, -0.2) is 4.68 Å². The van der Waals surface area contributed by atoms with Crippen molar-refractivity contribution in [3.63, 3.8) is 0 Å². The number of carbonyl (C=O) groups excluding carboxylic acids is 1. The maximum absolute atomic E-state index is 11.9. The molecular weight excluding hydrogens is 368 g/mol. The van der Waals surface area contributed by atoms with Gasteiger partial charge in [-0.2, -0.15) is 0 Å². The molecule has 1 saturated carbocycles. The fourth-order valence-electron chi connectivity index (χ4n) is 2.81. The van der Waals surface area contributed by atoms with Crippen LogP contribution in [0.3, 0.4) is 0 Å². The summed E-state index contributed by atoms with van der Waals surface area (Å²) < 4.78 is 7.95. The SMILES string of the molecule is CCOc1ccc(CN(C)Cn2nc(N(C(C)=O)C3CC3)sc2=S)cc1. The fourth-order valence-corrected chi connectivity index (χ4v) is 4.01. The summed E-state index contributed by atoms with van der Waals surface area (Å²) in [5.41, 5.74) is 1.20. The number of aromatic nitrogens is 2. The van der Waals surface area contributed by atoms with Gasteiger partial charge < -0.3 is 4.74 Å². The Hall–Kier alpha value is -1.77. The highest BCUT2D eigenvalue weighted by Crippen LogP contribution is 2.33. The van der Waals surface area contributed by atoms with Crippen LogP contribution in [0.15, 0.2) is 24.3 Å². The monoisotopic (exact) mass is 392 g/mol. The predicted molar refractivity (Wildman–Crippen MR) is 106 cm³/mol. The molecule has 1 aromatic carbocycles. The minimum atomic E-state index is 0.0335. The summed E-state index contributed by atoms with van der Waals surface area (Å²) in [6.07, 6.45) is 2.09. The summed E-state index contributed by atoms with van der Waals surface area (Å²) in [5.74, 6) is 0.917. The highest BCUT2D eigenvalue weighted by molar-refractivity contribution is 7.73. The third-order valence-electron chi connectivity index (χ3n) is 4.12. The predicted octanol–water partition coefficient (Wildman–Crippen LogP) is 3.68. The molecule has 2 aromatic rings. The smallest absolute Gasteiger partial charge is 0.225 e. The largest absolute Gasteiger partial charge is 0.494 e. The lowest BCUT2D eigenvalue weighted by molar-refractivity contribution is -0.116.